The second kappa shape index (κ2) is 8.73. The standard InChI is InChI=1S/C21H26N2O7/c1-13-6-4-5-9-21(13)19(26)23(20(27)22-21)11-18(25)30-12-15(24)14-7-8-16(28-2)17(10-14)29-3/h7-8,10,13H,4-6,9,11-12H2,1-3H3,(H,22,27)/t13-,21-/m1/s1. The molecule has 2 fully saturated rings. The molecule has 2 aliphatic rings. The Hall–Kier alpha value is -3.10. The van der Waals surface area contributed by atoms with Crippen LogP contribution in [0, 0.1) is 5.92 Å². The zero-order valence-electron chi connectivity index (χ0n) is 17.4. The number of Topliss-reactive ketones (excluding diaryl/α,β-unsaturated/α-hetero) is 1. The number of ether oxygens (including phenoxy) is 3. The van der Waals surface area contributed by atoms with Gasteiger partial charge in [0, 0.05) is 5.56 Å². The van der Waals surface area contributed by atoms with Gasteiger partial charge in [-0.3, -0.25) is 19.3 Å². The molecule has 1 spiro atoms. The topological polar surface area (TPSA) is 111 Å². The van der Waals surface area contributed by atoms with Crippen LogP contribution in [0.1, 0.15) is 43.0 Å². The van der Waals surface area contributed by atoms with Gasteiger partial charge in [-0.1, -0.05) is 19.8 Å². The first-order chi connectivity index (χ1) is 14.3. The highest BCUT2D eigenvalue weighted by Crippen LogP contribution is 2.38. The van der Waals surface area contributed by atoms with Crippen LogP contribution in [0.2, 0.25) is 0 Å². The number of imide groups is 1. The molecule has 1 saturated heterocycles. The monoisotopic (exact) mass is 418 g/mol. The van der Waals surface area contributed by atoms with Crippen LogP contribution in [-0.2, 0) is 14.3 Å². The van der Waals surface area contributed by atoms with Gasteiger partial charge in [-0.15, -0.1) is 0 Å². The molecule has 0 unspecified atom stereocenters. The van der Waals surface area contributed by atoms with Crippen molar-refractivity contribution < 1.29 is 33.4 Å². The molecule has 0 aromatic heterocycles. The summed E-state index contributed by atoms with van der Waals surface area (Å²) in [4.78, 5) is 50.6. The van der Waals surface area contributed by atoms with E-state index < -0.39 is 42.4 Å². The highest BCUT2D eigenvalue weighted by Gasteiger charge is 2.55. The fourth-order valence-corrected chi connectivity index (χ4v) is 4.05. The Kier molecular flexibility index (Phi) is 6.28. The molecule has 9 heteroatoms. The van der Waals surface area contributed by atoms with Crippen molar-refractivity contribution in [3.63, 3.8) is 0 Å². The fraction of sp³-hybridized carbons (Fsp3) is 0.524. The minimum atomic E-state index is -0.939. The first kappa shape index (κ1) is 21.6. The third-order valence-electron chi connectivity index (χ3n) is 5.86. The SMILES string of the molecule is COc1ccc(C(=O)COC(=O)CN2C(=O)N[C@@]3(CCCC[C@H]3C)C2=O)cc1OC. The Balaban J connectivity index is 1.59. The first-order valence-electron chi connectivity index (χ1n) is 9.87. The highest BCUT2D eigenvalue weighted by atomic mass is 16.5. The lowest BCUT2D eigenvalue weighted by atomic mass is 9.73. The van der Waals surface area contributed by atoms with E-state index in [4.69, 9.17) is 14.2 Å². The molecule has 1 saturated carbocycles. The molecule has 30 heavy (non-hydrogen) atoms. The minimum Gasteiger partial charge on any atom is -0.493 e. The second-order valence-corrected chi connectivity index (χ2v) is 7.59. The Morgan fingerprint density at radius 3 is 2.57 bits per heavy atom. The van der Waals surface area contributed by atoms with E-state index in [1.165, 1.54) is 26.4 Å². The summed E-state index contributed by atoms with van der Waals surface area (Å²) in [5.74, 6) is -0.832. The molecule has 1 aliphatic heterocycles. The Bertz CT molecular complexity index is 869. The number of carbonyl (C=O) groups excluding carboxylic acids is 4. The van der Waals surface area contributed by atoms with E-state index in [9.17, 15) is 19.2 Å². The van der Waals surface area contributed by atoms with Crippen molar-refractivity contribution in [3.8, 4) is 11.5 Å². The number of hydrogen-bond acceptors (Lipinski definition) is 7. The number of carbonyl (C=O) groups is 4. The van der Waals surface area contributed by atoms with Gasteiger partial charge in [0.1, 0.15) is 12.1 Å². The van der Waals surface area contributed by atoms with Crippen molar-refractivity contribution in [2.75, 3.05) is 27.4 Å². The fourth-order valence-electron chi connectivity index (χ4n) is 4.05. The lowest BCUT2D eigenvalue weighted by Gasteiger charge is -2.36. The number of nitrogens with zero attached hydrogens (tertiary/aromatic N) is 1. The molecular formula is C21H26N2O7. The van der Waals surface area contributed by atoms with Crippen molar-refractivity contribution in [1.29, 1.82) is 0 Å². The normalized spacial score (nSPS) is 23.3. The number of hydrogen-bond donors (Lipinski definition) is 1. The summed E-state index contributed by atoms with van der Waals surface area (Å²) in [7, 11) is 2.93. The van der Waals surface area contributed by atoms with Gasteiger partial charge in [-0.25, -0.2) is 4.79 Å². The van der Waals surface area contributed by atoms with Crippen LogP contribution in [0.15, 0.2) is 18.2 Å². The molecule has 1 aromatic rings. The van der Waals surface area contributed by atoms with Crippen molar-refractivity contribution in [1.82, 2.24) is 10.2 Å². The maximum absolute atomic E-state index is 12.9. The third-order valence-corrected chi connectivity index (χ3v) is 5.86. The van der Waals surface area contributed by atoms with E-state index in [-0.39, 0.29) is 11.5 Å². The molecule has 2 atom stereocenters. The largest absolute Gasteiger partial charge is 0.493 e. The van der Waals surface area contributed by atoms with Crippen molar-refractivity contribution >= 4 is 23.7 Å². The lowest BCUT2D eigenvalue weighted by molar-refractivity contribution is -0.147. The smallest absolute Gasteiger partial charge is 0.326 e. The third kappa shape index (κ3) is 3.96. The van der Waals surface area contributed by atoms with Crippen LogP contribution in [0.4, 0.5) is 4.79 Å². The van der Waals surface area contributed by atoms with Gasteiger partial charge in [0.05, 0.1) is 14.2 Å². The number of benzene rings is 1. The number of rotatable bonds is 7. The van der Waals surface area contributed by atoms with Gasteiger partial charge in [0.2, 0.25) is 0 Å². The summed E-state index contributed by atoms with van der Waals surface area (Å²) in [6, 6.07) is 3.99. The average Bonchev–Trinajstić information content (AvgIpc) is 2.98. The molecule has 1 aliphatic carbocycles. The lowest BCUT2D eigenvalue weighted by Crippen LogP contribution is -2.54. The second-order valence-electron chi connectivity index (χ2n) is 7.59. The number of esters is 1. The van der Waals surface area contributed by atoms with Gasteiger partial charge >= 0.3 is 12.0 Å². The predicted octanol–water partition coefficient (Wildman–Crippen LogP) is 1.93. The zero-order chi connectivity index (χ0) is 21.9. The Morgan fingerprint density at radius 2 is 1.90 bits per heavy atom. The van der Waals surface area contributed by atoms with Crippen LogP contribution < -0.4 is 14.8 Å². The molecule has 0 radical (unpaired) electrons. The van der Waals surface area contributed by atoms with Crippen LogP contribution in [0.25, 0.3) is 0 Å². The van der Waals surface area contributed by atoms with E-state index in [0.29, 0.717) is 17.9 Å². The highest BCUT2D eigenvalue weighted by molar-refractivity contribution is 6.09. The van der Waals surface area contributed by atoms with E-state index >= 15 is 0 Å². The average molecular weight is 418 g/mol. The first-order valence-corrected chi connectivity index (χ1v) is 9.87. The molecular weight excluding hydrogens is 392 g/mol. The molecule has 3 rings (SSSR count). The van der Waals surface area contributed by atoms with E-state index in [1.807, 2.05) is 6.92 Å². The van der Waals surface area contributed by atoms with Gasteiger partial charge < -0.3 is 19.5 Å². The van der Waals surface area contributed by atoms with Crippen molar-refractivity contribution in [2.24, 2.45) is 5.92 Å². The van der Waals surface area contributed by atoms with Crippen molar-refractivity contribution in [2.45, 2.75) is 38.1 Å². The summed E-state index contributed by atoms with van der Waals surface area (Å²) in [6.07, 6.45) is 3.24. The van der Waals surface area contributed by atoms with Crippen molar-refractivity contribution in [3.05, 3.63) is 23.8 Å². The van der Waals surface area contributed by atoms with Gasteiger partial charge in [-0.05, 0) is 37.0 Å². The minimum absolute atomic E-state index is 0.00431. The number of nitrogens with one attached hydrogen (secondary N) is 1. The number of methoxy groups -OCH3 is 2. The van der Waals surface area contributed by atoms with Gasteiger partial charge in [0.25, 0.3) is 5.91 Å². The van der Waals surface area contributed by atoms with E-state index in [2.05, 4.69) is 5.32 Å². The van der Waals surface area contributed by atoms with Crippen LogP contribution in [-0.4, -0.2) is 61.5 Å². The van der Waals surface area contributed by atoms with Crippen LogP contribution in [0.5, 0.6) is 11.5 Å². The molecule has 9 nitrogen and oxygen atoms in total. The molecule has 1 heterocycles. The zero-order valence-corrected chi connectivity index (χ0v) is 17.4. The Labute approximate surface area is 174 Å². The maximum Gasteiger partial charge on any atom is 0.326 e. The van der Waals surface area contributed by atoms with E-state index in [0.717, 1.165) is 24.2 Å². The van der Waals surface area contributed by atoms with Crippen LogP contribution >= 0.6 is 0 Å². The number of ketones is 1. The summed E-state index contributed by atoms with van der Waals surface area (Å²) >= 11 is 0. The van der Waals surface area contributed by atoms with E-state index in [1.54, 1.807) is 6.07 Å². The maximum atomic E-state index is 12.9. The number of amides is 3. The van der Waals surface area contributed by atoms with Gasteiger partial charge in [0.15, 0.2) is 23.9 Å². The summed E-state index contributed by atoms with van der Waals surface area (Å²) in [5, 5.41) is 2.78. The molecule has 1 aromatic carbocycles. The predicted molar refractivity (Wildman–Crippen MR) is 105 cm³/mol. The summed E-state index contributed by atoms with van der Waals surface area (Å²) < 4.78 is 15.3. The summed E-state index contributed by atoms with van der Waals surface area (Å²) in [6.45, 7) is 0.888. The quantitative estimate of drug-likeness (QED) is 0.409. The van der Waals surface area contributed by atoms with Crippen LogP contribution in [0.3, 0.4) is 0 Å². The summed E-state index contributed by atoms with van der Waals surface area (Å²) in [5.41, 5.74) is -0.657. The van der Waals surface area contributed by atoms with Gasteiger partial charge in [-0.2, -0.15) is 0 Å². The molecule has 3 amide bonds. The number of urea groups is 1. The molecule has 0 bridgehead atoms. The Morgan fingerprint density at radius 1 is 1.17 bits per heavy atom. The molecule has 1 N–H and O–H groups in total. The molecule has 162 valence electrons.